The molecule has 0 bridgehead atoms. The number of methoxy groups -OCH3 is 1. The Balaban J connectivity index is 0.00000392. The standard InChI is InChI=1S/C21H32N4OS.HI/c1-15-8-10-17(11-9-15)21(3,4)14-23-20(22-5)25(6)12-18-13-27-19(24-18)16(2)26-7;/h8-11,13,16H,12,14H2,1-7H3,(H,22,23);1H. The fraction of sp³-hybridized carbons (Fsp3) is 0.524. The number of hydrogen-bond acceptors (Lipinski definition) is 4. The van der Waals surface area contributed by atoms with Gasteiger partial charge in [0, 0.05) is 38.5 Å². The van der Waals surface area contributed by atoms with Gasteiger partial charge in [0.2, 0.25) is 0 Å². The smallest absolute Gasteiger partial charge is 0.193 e. The van der Waals surface area contributed by atoms with Crippen molar-refractivity contribution in [3.05, 3.63) is 51.5 Å². The molecule has 0 spiro atoms. The molecule has 0 aliphatic carbocycles. The van der Waals surface area contributed by atoms with E-state index in [1.165, 1.54) is 11.1 Å². The van der Waals surface area contributed by atoms with Crippen molar-refractivity contribution in [2.45, 2.75) is 45.8 Å². The summed E-state index contributed by atoms with van der Waals surface area (Å²) in [4.78, 5) is 11.2. The van der Waals surface area contributed by atoms with Crippen LogP contribution in [0.15, 0.2) is 34.6 Å². The Kier molecular flexibility index (Phi) is 9.86. The van der Waals surface area contributed by atoms with Crippen LogP contribution in [0, 0.1) is 6.92 Å². The van der Waals surface area contributed by atoms with E-state index in [4.69, 9.17) is 4.74 Å². The van der Waals surface area contributed by atoms with Crippen molar-refractivity contribution in [1.29, 1.82) is 0 Å². The Morgan fingerprint density at radius 3 is 2.54 bits per heavy atom. The normalized spacial score (nSPS) is 13.0. The number of hydrogen-bond donors (Lipinski definition) is 1. The molecule has 0 aliphatic heterocycles. The Morgan fingerprint density at radius 2 is 1.96 bits per heavy atom. The Bertz CT molecular complexity index is 758. The molecule has 0 saturated carbocycles. The average molecular weight is 516 g/mol. The summed E-state index contributed by atoms with van der Waals surface area (Å²) in [6.07, 6.45) is 0.0294. The number of rotatable bonds is 7. The molecule has 0 amide bonds. The van der Waals surface area contributed by atoms with E-state index in [2.05, 4.69) is 70.6 Å². The number of aryl methyl sites for hydroxylation is 1. The highest BCUT2D eigenvalue weighted by atomic mass is 127. The highest BCUT2D eigenvalue weighted by Crippen LogP contribution is 2.23. The summed E-state index contributed by atoms with van der Waals surface area (Å²) in [6, 6.07) is 8.74. The molecule has 1 heterocycles. The van der Waals surface area contributed by atoms with Gasteiger partial charge in [-0.15, -0.1) is 35.3 Å². The van der Waals surface area contributed by atoms with E-state index >= 15 is 0 Å². The minimum Gasteiger partial charge on any atom is -0.375 e. The molecule has 1 aromatic carbocycles. The third kappa shape index (κ3) is 6.70. The van der Waals surface area contributed by atoms with Gasteiger partial charge in [0.25, 0.3) is 0 Å². The molecule has 0 saturated heterocycles. The zero-order valence-corrected chi connectivity index (χ0v) is 21.1. The van der Waals surface area contributed by atoms with Gasteiger partial charge in [-0.25, -0.2) is 4.98 Å². The number of guanidine groups is 1. The molecule has 1 atom stereocenters. The first-order valence-electron chi connectivity index (χ1n) is 9.23. The Morgan fingerprint density at radius 1 is 1.32 bits per heavy atom. The van der Waals surface area contributed by atoms with Crippen molar-refractivity contribution >= 4 is 41.3 Å². The maximum Gasteiger partial charge on any atom is 0.193 e. The molecular weight excluding hydrogens is 483 g/mol. The van der Waals surface area contributed by atoms with Crippen molar-refractivity contribution in [3.8, 4) is 0 Å². The second-order valence-electron chi connectivity index (χ2n) is 7.56. The number of benzene rings is 1. The Labute approximate surface area is 190 Å². The SMILES string of the molecule is CN=C(NCC(C)(C)c1ccc(C)cc1)N(C)Cc1csc(C(C)OC)n1.I. The molecule has 0 radical (unpaired) electrons. The van der Waals surface area contributed by atoms with E-state index in [9.17, 15) is 0 Å². The minimum absolute atomic E-state index is 0. The van der Waals surface area contributed by atoms with Crippen LogP contribution in [0.25, 0.3) is 0 Å². The summed E-state index contributed by atoms with van der Waals surface area (Å²) in [5.74, 6) is 0.865. The molecule has 2 rings (SSSR count). The maximum atomic E-state index is 5.35. The van der Waals surface area contributed by atoms with Crippen LogP contribution >= 0.6 is 35.3 Å². The highest BCUT2D eigenvalue weighted by molar-refractivity contribution is 14.0. The van der Waals surface area contributed by atoms with E-state index in [1.807, 2.05) is 21.0 Å². The maximum absolute atomic E-state index is 5.35. The van der Waals surface area contributed by atoms with Crippen LogP contribution in [0.1, 0.15) is 48.7 Å². The van der Waals surface area contributed by atoms with Gasteiger partial charge in [-0.2, -0.15) is 0 Å². The van der Waals surface area contributed by atoms with Crippen LogP contribution in [0.3, 0.4) is 0 Å². The number of nitrogens with one attached hydrogen (secondary N) is 1. The van der Waals surface area contributed by atoms with Gasteiger partial charge in [-0.1, -0.05) is 43.7 Å². The van der Waals surface area contributed by atoms with Crippen LogP contribution in [0.2, 0.25) is 0 Å². The van der Waals surface area contributed by atoms with Gasteiger partial charge >= 0.3 is 0 Å². The fourth-order valence-corrected chi connectivity index (χ4v) is 3.63. The number of halogens is 1. The van der Waals surface area contributed by atoms with Crippen LogP contribution in [0.4, 0.5) is 0 Å². The van der Waals surface area contributed by atoms with Gasteiger partial charge in [-0.05, 0) is 19.4 Å². The third-order valence-electron chi connectivity index (χ3n) is 4.76. The predicted molar refractivity (Wildman–Crippen MR) is 130 cm³/mol. The molecule has 5 nitrogen and oxygen atoms in total. The third-order valence-corrected chi connectivity index (χ3v) is 5.82. The van der Waals surface area contributed by atoms with E-state index in [0.29, 0.717) is 6.54 Å². The molecule has 1 N–H and O–H groups in total. The van der Waals surface area contributed by atoms with Gasteiger partial charge in [-0.3, -0.25) is 4.99 Å². The second kappa shape index (κ2) is 11.1. The summed E-state index contributed by atoms with van der Waals surface area (Å²) in [5, 5.41) is 6.60. The van der Waals surface area contributed by atoms with Crippen molar-refractivity contribution in [2.24, 2.45) is 4.99 Å². The van der Waals surface area contributed by atoms with E-state index in [-0.39, 0.29) is 35.5 Å². The van der Waals surface area contributed by atoms with Gasteiger partial charge in [0.1, 0.15) is 11.1 Å². The van der Waals surface area contributed by atoms with Crippen molar-refractivity contribution in [2.75, 3.05) is 27.7 Å². The first-order valence-corrected chi connectivity index (χ1v) is 10.1. The number of nitrogens with zero attached hydrogens (tertiary/aromatic N) is 3. The van der Waals surface area contributed by atoms with Crippen LogP contribution in [-0.2, 0) is 16.7 Å². The van der Waals surface area contributed by atoms with Crippen LogP contribution < -0.4 is 5.32 Å². The molecule has 1 aromatic heterocycles. The molecular formula is C21H33IN4OS. The number of aliphatic imine (C=N–C) groups is 1. The summed E-state index contributed by atoms with van der Waals surface area (Å²) in [5.41, 5.74) is 3.63. The number of aromatic nitrogens is 1. The quantitative estimate of drug-likeness (QED) is 0.328. The van der Waals surface area contributed by atoms with E-state index in [0.717, 1.165) is 23.2 Å². The first-order chi connectivity index (χ1) is 12.8. The molecule has 156 valence electrons. The highest BCUT2D eigenvalue weighted by Gasteiger charge is 2.22. The Hall–Kier alpha value is -1.19. The van der Waals surface area contributed by atoms with Gasteiger partial charge < -0.3 is 15.0 Å². The second-order valence-corrected chi connectivity index (χ2v) is 8.45. The van der Waals surface area contributed by atoms with Gasteiger partial charge in [0.15, 0.2) is 5.96 Å². The van der Waals surface area contributed by atoms with Crippen molar-refractivity contribution < 1.29 is 4.74 Å². The monoisotopic (exact) mass is 516 g/mol. The molecule has 2 aromatic rings. The summed E-state index contributed by atoms with van der Waals surface area (Å²) < 4.78 is 5.35. The fourth-order valence-electron chi connectivity index (χ4n) is 2.79. The lowest BCUT2D eigenvalue weighted by Gasteiger charge is -2.29. The number of thiazole rings is 1. The zero-order valence-electron chi connectivity index (χ0n) is 17.9. The lowest BCUT2D eigenvalue weighted by molar-refractivity contribution is 0.119. The number of ether oxygens (including phenoxy) is 1. The van der Waals surface area contributed by atoms with E-state index < -0.39 is 0 Å². The van der Waals surface area contributed by atoms with Crippen molar-refractivity contribution in [1.82, 2.24) is 15.2 Å². The molecule has 0 aliphatic rings. The van der Waals surface area contributed by atoms with Crippen molar-refractivity contribution in [3.63, 3.8) is 0 Å². The van der Waals surface area contributed by atoms with Gasteiger partial charge in [0.05, 0.1) is 12.2 Å². The van der Waals surface area contributed by atoms with E-state index in [1.54, 1.807) is 18.4 Å². The molecule has 1 unspecified atom stereocenters. The lowest BCUT2D eigenvalue weighted by atomic mass is 9.84. The minimum atomic E-state index is 0. The topological polar surface area (TPSA) is 49.8 Å². The molecule has 0 fully saturated rings. The summed E-state index contributed by atoms with van der Waals surface area (Å²) in [6.45, 7) is 10.1. The zero-order chi connectivity index (χ0) is 20.0. The molecule has 28 heavy (non-hydrogen) atoms. The average Bonchev–Trinajstić information content (AvgIpc) is 3.10. The predicted octanol–water partition coefficient (Wildman–Crippen LogP) is 4.76. The molecule has 7 heteroatoms. The largest absolute Gasteiger partial charge is 0.375 e. The van der Waals surface area contributed by atoms with Crippen LogP contribution in [-0.4, -0.2) is 43.6 Å². The summed E-state index contributed by atoms with van der Waals surface area (Å²) >= 11 is 1.64. The first kappa shape index (κ1) is 24.8. The summed E-state index contributed by atoms with van der Waals surface area (Å²) in [7, 11) is 5.56. The van der Waals surface area contributed by atoms with Crippen LogP contribution in [0.5, 0.6) is 0 Å². The lowest BCUT2D eigenvalue weighted by Crippen LogP contribution is -2.44.